The average Bonchev–Trinajstić information content (AvgIpc) is 3.27. The molecule has 2 aliphatic rings. The van der Waals surface area contributed by atoms with E-state index in [2.05, 4.69) is 36.1 Å². The molecule has 0 fully saturated rings. The number of halogens is 1. The van der Waals surface area contributed by atoms with Crippen LogP contribution in [0.1, 0.15) is 56.2 Å². The van der Waals surface area contributed by atoms with Crippen LogP contribution in [-0.4, -0.2) is 47.3 Å². The molecule has 0 aliphatic carbocycles. The van der Waals surface area contributed by atoms with Gasteiger partial charge in [0, 0.05) is 0 Å². The highest BCUT2D eigenvalue weighted by Crippen LogP contribution is 2.38. The van der Waals surface area contributed by atoms with Crippen molar-refractivity contribution in [2.45, 2.75) is 46.5 Å². The minimum Gasteiger partial charge on any atom is -0.493 e. The molecule has 0 spiro atoms. The van der Waals surface area contributed by atoms with Crippen LogP contribution >= 0.6 is 23.4 Å². The number of carbonyl (C=O) groups is 1. The maximum absolute atomic E-state index is 12.7. The summed E-state index contributed by atoms with van der Waals surface area (Å²) in [5.74, 6) is 1.45. The van der Waals surface area contributed by atoms with Crippen molar-refractivity contribution in [3.8, 4) is 17.2 Å². The lowest BCUT2D eigenvalue weighted by Crippen LogP contribution is -2.35. The second kappa shape index (κ2) is 12.0. The topological polar surface area (TPSA) is 96.6 Å². The van der Waals surface area contributed by atoms with Gasteiger partial charge in [-0.1, -0.05) is 44.5 Å². The molecule has 0 unspecified atom stereocenters. The predicted octanol–water partition coefficient (Wildman–Crippen LogP) is 6.66. The van der Waals surface area contributed by atoms with Crippen LogP contribution in [0.3, 0.4) is 0 Å². The molecule has 38 heavy (non-hydrogen) atoms. The average molecular weight is 555 g/mol. The molecule has 0 atom stereocenters. The highest BCUT2D eigenvalue weighted by atomic mass is 35.5. The van der Waals surface area contributed by atoms with Crippen molar-refractivity contribution in [3.05, 3.63) is 57.6 Å². The van der Waals surface area contributed by atoms with Gasteiger partial charge in [-0.25, -0.2) is 0 Å². The number of hydrazone groups is 1. The molecular weight excluding hydrogens is 524 g/mol. The van der Waals surface area contributed by atoms with Gasteiger partial charge in [-0.15, -0.1) is 0 Å². The fraction of sp³-hybridized carbons (Fsp3) is 0.357. The number of carbonyl (C=O) groups excluding carboxylic acids is 1. The number of benzene rings is 2. The second-order valence-electron chi connectivity index (χ2n) is 9.19. The first-order chi connectivity index (χ1) is 18.2. The van der Waals surface area contributed by atoms with Crippen LogP contribution < -0.4 is 14.2 Å². The molecule has 2 heterocycles. The third-order valence-electron chi connectivity index (χ3n) is 5.90. The van der Waals surface area contributed by atoms with Crippen molar-refractivity contribution < 1.29 is 19.0 Å². The Hall–Kier alpha value is -3.30. The Morgan fingerprint density at radius 1 is 1.16 bits per heavy atom. The molecule has 0 aromatic heterocycles. The van der Waals surface area contributed by atoms with Gasteiger partial charge in [0.1, 0.15) is 24.0 Å². The lowest BCUT2D eigenvalue weighted by atomic mass is 10.0. The van der Waals surface area contributed by atoms with Gasteiger partial charge in [0.2, 0.25) is 5.17 Å². The number of hydrogen-bond acceptors (Lipinski definition) is 7. The number of methoxy groups -OCH3 is 1. The van der Waals surface area contributed by atoms with Crippen molar-refractivity contribution >= 4 is 51.4 Å². The molecule has 2 aliphatic heterocycles. The molecule has 0 saturated heterocycles. The van der Waals surface area contributed by atoms with Gasteiger partial charge in [0.15, 0.2) is 17.3 Å². The van der Waals surface area contributed by atoms with Crippen LogP contribution in [0.4, 0.5) is 0 Å². The van der Waals surface area contributed by atoms with E-state index in [9.17, 15) is 4.79 Å². The number of nitrogens with zero attached hydrogens (tertiary/aromatic N) is 3. The third-order valence-corrected chi connectivity index (χ3v) is 7.15. The summed E-state index contributed by atoms with van der Waals surface area (Å²) < 4.78 is 17.5. The quantitative estimate of drug-likeness (QED) is 0.260. The van der Waals surface area contributed by atoms with E-state index in [0.29, 0.717) is 39.8 Å². The maximum atomic E-state index is 12.7. The number of nitrogens with one attached hydrogen (secondary N) is 1. The Morgan fingerprint density at radius 2 is 1.92 bits per heavy atom. The minimum absolute atomic E-state index is 0.0249. The lowest BCUT2D eigenvalue weighted by Gasteiger charge is -2.20. The fourth-order valence-electron chi connectivity index (χ4n) is 4.02. The summed E-state index contributed by atoms with van der Waals surface area (Å²) in [6.07, 6.45) is 3.25. The molecule has 8 nitrogen and oxygen atoms in total. The van der Waals surface area contributed by atoms with E-state index >= 15 is 0 Å². The van der Waals surface area contributed by atoms with E-state index in [0.717, 1.165) is 34.8 Å². The van der Waals surface area contributed by atoms with Gasteiger partial charge in [0.05, 0.1) is 17.7 Å². The molecule has 10 heteroatoms. The van der Waals surface area contributed by atoms with Crippen molar-refractivity contribution in [1.82, 2.24) is 5.01 Å². The van der Waals surface area contributed by atoms with Crippen LogP contribution in [-0.2, 0) is 4.79 Å². The normalized spacial score (nSPS) is 16.1. The summed E-state index contributed by atoms with van der Waals surface area (Å²) >= 11 is 7.88. The molecule has 0 bridgehead atoms. The Labute approximate surface area is 232 Å². The van der Waals surface area contributed by atoms with E-state index in [-0.39, 0.29) is 18.0 Å². The SMILES string of the molecule is CCCC1=NN2C(=N)/C(=C/c3cc(Cl)c(OCCOc4cc(C)ccc4C(C)C)c(OC)c3)C(=O)N=C2S1. The molecular formula is C28H31ClN4O4S. The summed E-state index contributed by atoms with van der Waals surface area (Å²) in [6.45, 7) is 8.92. The zero-order valence-electron chi connectivity index (χ0n) is 22.1. The Balaban J connectivity index is 1.48. The summed E-state index contributed by atoms with van der Waals surface area (Å²) in [7, 11) is 1.52. The molecule has 1 amide bonds. The van der Waals surface area contributed by atoms with Crippen molar-refractivity contribution in [2.75, 3.05) is 20.3 Å². The monoisotopic (exact) mass is 554 g/mol. The zero-order chi connectivity index (χ0) is 27.4. The molecule has 4 rings (SSSR count). The maximum Gasteiger partial charge on any atom is 0.283 e. The summed E-state index contributed by atoms with van der Waals surface area (Å²) in [5.41, 5.74) is 2.97. The summed E-state index contributed by atoms with van der Waals surface area (Å²) in [4.78, 5) is 16.8. The van der Waals surface area contributed by atoms with Crippen molar-refractivity contribution in [1.29, 1.82) is 5.41 Å². The second-order valence-corrected chi connectivity index (χ2v) is 10.6. The minimum atomic E-state index is -0.494. The largest absolute Gasteiger partial charge is 0.493 e. The van der Waals surface area contributed by atoms with Crippen LogP contribution in [0.15, 0.2) is 46.0 Å². The van der Waals surface area contributed by atoms with E-state index in [4.69, 9.17) is 31.2 Å². The number of aliphatic imine (C=N–C) groups is 1. The highest BCUT2D eigenvalue weighted by molar-refractivity contribution is 8.26. The van der Waals surface area contributed by atoms with E-state index in [1.54, 1.807) is 18.2 Å². The van der Waals surface area contributed by atoms with Gasteiger partial charge in [-0.05, 0) is 78.4 Å². The molecule has 1 N–H and O–H groups in total. The number of rotatable bonds is 10. The predicted molar refractivity (Wildman–Crippen MR) is 154 cm³/mol. The summed E-state index contributed by atoms with van der Waals surface area (Å²) in [5, 5.41) is 15.9. The molecule has 0 saturated carbocycles. The Morgan fingerprint density at radius 3 is 2.63 bits per heavy atom. The zero-order valence-corrected chi connectivity index (χ0v) is 23.7. The van der Waals surface area contributed by atoms with Gasteiger partial charge >= 0.3 is 0 Å². The standard InChI is InChI=1S/C28H31ClN4O4S/c1-6-7-24-32-33-26(30)20(27(34)31-28(33)38-24)13-18-14-21(29)25(23(15-18)35-5)37-11-10-36-22-12-17(4)8-9-19(22)16(2)3/h8-9,12-16,30H,6-7,10-11H2,1-5H3/b20-13-,30-26?. The highest BCUT2D eigenvalue weighted by Gasteiger charge is 2.35. The van der Waals surface area contributed by atoms with E-state index in [1.807, 2.05) is 19.9 Å². The van der Waals surface area contributed by atoms with Crippen LogP contribution in [0, 0.1) is 12.3 Å². The molecule has 2 aromatic rings. The van der Waals surface area contributed by atoms with Crippen LogP contribution in [0.2, 0.25) is 5.02 Å². The number of fused-ring (bicyclic) bond motifs is 1. The van der Waals surface area contributed by atoms with Gasteiger partial charge in [0.25, 0.3) is 5.91 Å². The molecule has 2 aromatic carbocycles. The fourth-order valence-corrected chi connectivity index (χ4v) is 5.28. The van der Waals surface area contributed by atoms with Crippen molar-refractivity contribution in [2.24, 2.45) is 10.1 Å². The van der Waals surface area contributed by atoms with Crippen LogP contribution in [0.25, 0.3) is 6.08 Å². The number of amides is 1. The first-order valence-corrected chi connectivity index (χ1v) is 13.6. The smallest absolute Gasteiger partial charge is 0.283 e. The number of hydrogen-bond donors (Lipinski definition) is 1. The van der Waals surface area contributed by atoms with Gasteiger partial charge < -0.3 is 14.2 Å². The third kappa shape index (κ3) is 6.05. The lowest BCUT2D eigenvalue weighted by molar-refractivity contribution is -0.114. The molecule has 200 valence electrons. The number of thioether (sulfide) groups is 1. The van der Waals surface area contributed by atoms with E-state index < -0.39 is 5.91 Å². The summed E-state index contributed by atoms with van der Waals surface area (Å²) in [6, 6.07) is 9.56. The first kappa shape index (κ1) is 27.7. The Kier molecular flexibility index (Phi) is 8.79. The first-order valence-electron chi connectivity index (χ1n) is 12.4. The van der Waals surface area contributed by atoms with E-state index in [1.165, 1.54) is 23.9 Å². The number of ether oxygens (including phenoxy) is 3. The molecule has 0 radical (unpaired) electrons. The van der Waals surface area contributed by atoms with Gasteiger partial charge in [-0.2, -0.15) is 15.1 Å². The Bertz CT molecular complexity index is 1350. The number of aryl methyl sites for hydroxylation is 1. The van der Waals surface area contributed by atoms with Crippen molar-refractivity contribution in [3.63, 3.8) is 0 Å². The van der Waals surface area contributed by atoms with Crippen LogP contribution in [0.5, 0.6) is 17.2 Å². The number of amidine groups is 2. The van der Waals surface area contributed by atoms with Gasteiger partial charge in [-0.3, -0.25) is 10.2 Å².